The summed E-state index contributed by atoms with van der Waals surface area (Å²) in [5.74, 6) is 0.340. The van der Waals surface area contributed by atoms with Crippen LogP contribution in [0, 0.1) is 12.8 Å². The Bertz CT molecular complexity index is 1070. The lowest BCUT2D eigenvalue weighted by Gasteiger charge is -2.18. The summed E-state index contributed by atoms with van der Waals surface area (Å²) in [6.07, 6.45) is 4.82. The normalized spacial score (nSPS) is 15.9. The second-order valence-corrected chi connectivity index (χ2v) is 7.85. The molecule has 4 rings (SSSR count). The third-order valence-electron chi connectivity index (χ3n) is 4.83. The van der Waals surface area contributed by atoms with Gasteiger partial charge in [0, 0.05) is 41.2 Å². The van der Waals surface area contributed by atoms with Gasteiger partial charge >= 0.3 is 0 Å². The van der Waals surface area contributed by atoms with E-state index in [2.05, 4.69) is 31.2 Å². The monoisotopic (exact) mass is 466 g/mol. The molecule has 152 valence electrons. The number of ether oxygens (including phenoxy) is 1. The lowest BCUT2D eigenvalue weighted by molar-refractivity contribution is -0.122. The lowest BCUT2D eigenvalue weighted by Crippen LogP contribution is -2.28. The van der Waals surface area contributed by atoms with Crippen LogP contribution >= 0.6 is 15.9 Å². The molecule has 1 atom stereocenters. The second-order valence-electron chi connectivity index (χ2n) is 7.00. The summed E-state index contributed by atoms with van der Waals surface area (Å²) in [6.45, 7) is 2.33. The number of anilines is 2. The smallest absolute Gasteiger partial charge is 0.237 e. The number of hydrogen-bond acceptors (Lipinski definition) is 5. The number of aryl methyl sites for hydroxylation is 1. The van der Waals surface area contributed by atoms with Crippen LogP contribution in [0.1, 0.15) is 12.0 Å². The number of nitrogens with zero attached hydrogens (tertiary/aromatic N) is 3. The molecule has 8 heteroatoms. The van der Waals surface area contributed by atoms with Crippen molar-refractivity contribution in [3.05, 3.63) is 71.1 Å². The lowest BCUT2D eigenvalue weighted by atomic mass is 10.1. The molecule has 1 fully saturated rings. The first-order chi connectivity index (χ1) is 14.5. The molecule has 2 heterocycles. The summed E-state index contributed by atoms with van der Waals surface area (Å²) in [4.78, 5) is 34.8. The van der Waals surface area contributed by atoms with E-state index in [1.807, 2.05) is 25.1 Å². The van der Waals surface area contributed by atoms with Gasteiger partial charge in [-0.3, -0.25) is 14.6 Å². The molecule has 1 saturated heterocycles. The molecule has 1 N–H and O–H groups in total. The molecule has 7 nitrogen and oxygen atoms in total. The highest BCUT2D eigenvalue weighted by molar-refractivity contribution is 9.10. The predicted octanol–water partition coefficient (Wildman–Crippen LogP) is 4.33. The largest absolute Gasteiger partial charge is 0.438 e. The number of carbonyl (C=O) groups excluding carboxylic acids is 2. The fraction of sp³-hybridized carbons (Fsp3) is 0.182. The molecule has 1 aliphatic heterocycles. The van der Waals surface area contributed by atoms with Crippen LogP contribution < -0.4 is 15.0 Å². The van der Waals surface area contributed by atoms with Crippen molar-refractivity contribution in [2.24, 2.45) is 5.92 Å². The topological polar surface area (TPSA) is 84.4 Å². The molecule has 2 aromatic carbocycles. The predicted molar refractivity (Wildman–Crippen MR) is 117 cm³/mol. The third kappa shape index (κ3) is 4.49. The Kier molecular flexibility index (Phi) is 5.76. The van der Waals surface area contributed by atoms with Crippen LogP contribution in [0.4, 0.5) is 11.4 Å². The van der Waals surface area contributed by atoms with Crippen molar-refractivity contribution in [3.8, 4) is 11.6 Å². The maximum atomic E-state index is 12.7. The number of aromatic nitrogens is 2. The summed E-state index contributed by atoms with van der Waals surface area (Å²) < 4.78 is 6.58. The Morgan fingerprint density at radius 1 is 1.20 bits per heavy atom. The van der Waals surface area contributed by atoms with Crippen molar-refractivity contribution >= 4 is 39.1 Å². The molecular formula is C22H19BrN4O3. The molecular weight excluding hydrogens is 448 g/mol. The van der Waals surface area contributed by atoms with E-state index in [1.54, 1.807) is 41.6 Å². The van der Waals surface area contributed by atoms with Crippen LogP contribution in [0.5, 0.6) is 11.6 Å². The minimum absolute atomic E-state index is 0.0513. The molecule has 3 aromatic rings. The summed E-state index contributed by atoms with van der Waals surface area (Å²) in [6, 6.07) is 12.7. The van der Waals surface area contributed by atoms with Gasteiger partial charge in [-0.15, -0.1) is 0 Å². The Labute approximate surface area is 182 Å². The van der Waals surface area contributed by atoms with Crippen LogP contribution in [0.2, 0.25) is 0 Å². The van der Waals surface area contributed by atoms with E-state index in [0.29, 0.717) is 23.9 Å². The van der Waals surface area contributed by atoms with Crippen molar-refractivity contribution < 1.29 is 14.3 Å². The SMILES string of the molecule is Cc1cc(N2CC(C(=O)Nc3ccc(Oc4cnccn4)cc3)CC2=O)ccc1Br. The summed E-state index contributed by atoms with van der Waals surface area (Å²) in [5, 5.41) is 2.88. The summed E-state index contributed by atoms with van der Waals surface area (Å²) in [7, 11) is 0. The molecule has 2 amide bonds. The number of halogens is 1. The Hall–Kier alpha value is -3.26. The van der Waals surface area contributed by atoms with Gasteiger partial charge in [-0.2, -0.15) is 0 Å². The fourth-order valence-corrected chi connectivity index (χ4v) is 3.49. The van der Waals surface area contributed by atoms with E-state index in [4.69, 9.17) is 4.74 Å². The van der Waals surface area contributed by atoms with E-state index < -0.39 is 5.92 Å². The van der Waals surface area contributed by atoms with Crippen LogP contribution in [0.25, 0.3) is 0 Å². The van der Waals surface area contributed by atoms with Crippen molar-refractivity contribution in [3.63, 3.8) is 0 Å². The van der Waals surface area contributed by atoms with Crippen LogP contribution in [-0.2, 0) is 9.59 Å². The van der Waals surface area contributed by atoms with Crippen molar-refractivity contribution in [1.29, 1.82) is 0 Å². The van der Waals surface area contributed by atoms with E-state index in [0.717, 1.165) is 15.7 Å². The molecule has 1 unspecified atom stereocenters. The standard InChI is InChI=1S/C22H19BrN4O3/c1-14-10-17(4-7-19(14)23)27-13-15(11-21(27)28)22(29)26-16-2-5-18(6-3-16)30-20-12-24-8-9-25-20/h2-10,12,15H,11,13H2,1H3,(H,26,29). The van der Waals surface area contributed by atoms with Crippen LogP contribution in [0.15, 0.2) is 65.5 Å². The van der Waals surface area contributed by atoms with Gasteiger partial charge in [0.1, 0.15) is 5.75 Å². The first-order valence-corrected chi connectivity index (χ1v) is 10.2. The Balaban J connectivity index is 1.38. The number of rotatable bonds is 5. The third-order valence-corrected chi connectivity index (χ3v) is 5.72. The average Bonchev–Trinajstić information content (AvgIpc) is 3.14. The Morgan fingerprint density at radius 3 is 2.70 bits per heavy atom. The number of benzene rings is 2. The molecule has 1 aromatic heterocycles. The molecule has 0 aliphatic carbocycles. The molecule has 30 heavy (non-hydrogen) atoms. The highest BCUT2D eigenvalue weighted by Gasteiger charge is 2.35. The number of hydrogen-bond donors (Lipinski definition) is 1. The molecule has 0 saturated carbocycles. The number of nitrogens with one attached hydrogen (secondary N) is 1. The summed E-state index contributed by atoms with van der Waals surface area (Å²) in [5.41, 5.74) is 2.48. The van der Waals surface area contributed by atoms with E-state index in [-0.39, 0.29) is 18.2 Å². The van der Waals surface area contributed by atoms with E-state index >= 15 is 0 Å². The first kappa shape index (κ1) is 20.0. The van der Waals surface area contributed by atoms with Gasteiger partial charge in [-0.25, -0.2) is 4.98 Å². The number of carbonyl (C=O) groups is 2. The average molecular weight is 467 g/mol. The zero-order chi connectivity index (χ0) is 21.1. The van der Waals surface area contributed by atoms with Crippen molar-refractivity contribution in [2.75, 3.05) is 16.8 Å². The second kappa shape index (κ2) is 8.62. The zero-order valence-electron chi connectivity index (χ0n) is 16.2. The fourth-order valence-electron chi connectivity index (χ4n) is 3.24. The highest BCUT2D eigenvalue weighted by atomic mass is 79.9. The first-order valence-electron chi connectivity index (χ1n) is 9.41. The van der Waals surface area contributed by atoms with Gasteiger partial charge in [0.05, 0.1) is 12.1 Å². The molecule has 0 spiro atoms. The van der Waals surface area contributed by atoms with Crippen LogP contribution in [-0.4, -0.2) is 28.3 Å². The minimum atomic E-state index is -0.406. The zero-order valence-corrected chi connectivity index (χ0v) is 17.8. The maximum Gasteiger partial charge on any atom is 0.237 e. The molecule has 0 radical (unpaired) electrons. The molecule has 0 bridgehead atoms. The van der Waals surface area contributed by atoms with Gasteiger partial charge in [-0.1, -0.05) is 15.9 Å². The van der Waals surface area contributed by atoms with Gasteiger partial charge in [0.25, 0.3) is 0 Å². The number of amides is 2. The molecule has 1 aliphatic rings. The van der Waals surface area contributed by atoms with E-state index in [1.165, 1.54) is 6.20 Å². The summed E-state index contributed by atoms with van der Waals surface area (Å²) >= 11 is 3.47. The Morgan fingerprint density at radius 2 is 2.00 bits per heavy atom. The van der Waals surface area contributed by atoms with Gasteiger partial charge < -0.3 is 15.0 Å². The van der Waals surface area contributed by atoms with Crippen molar-refractivity contribution in [2.45, 2.75) is 13.3 Å². The van der Waals surface area contributed by atoms with Crippen molar-refractivity contribution in [1.82, 2.24) is 9.97 Å². The minimum Gasteiger partial charge on any atom is -0.438 e. The van der Waals surface area contributed by atoms with Gasteiger partial charge in [0.15, 0.2) is 0 Å². The highest BCUT2D eigenvalue weighted by Crippen LogP contribution is 2.29. The quantitative estimate of drug-likeness (QED) is 0.604. The van der Waals surface area contributed by atoms with E-state index in [9.17, 15) is 9.59 Å². The maximum absolute atomic E-state index is 12.7. The van der Waals surface area contributed by atoms with Gasteiger partial charge in [-0.05, 0) is 55.0 Å². The van der Waals surface area contributed by atoms with Crippen LogP contribution in [0.3, 0.4) is 0 Å². The van der Waals surface area contributed by atoms with Gasteiger partial charge in [0.2, 0.25) is 17.7 Å².